The number of thiocarbonyl (C=S) groups is 1. The summed E-state index contributed by atoms with van der Waals surface area (Å²) >= 11 is 5.37. The Kier molecular flexibility index (Phi) is 5.74. The van der Waals surface area contributed by atoms with Gasteiger partial charge in [-0.05, 0) is 31.6 Å². The van der Waals surface area contributed by atoms with E-state index in [0.717, 1.165) is 16.8 Å². The van der Waals surface area contributed by atoms with Crippen LogP contribution in [0.3, 0.4) is 0 Å². The van der Waals surface area contributed by atoms with Gasteiger partial charge in [-0.2, -0.15) is 0 Å². The van der Waals surface area contributed by atoms with Crippen LogP contribution < -0.4 is 5.32 Å². The zero-order chi connectivity index (χ0) is 17.0. The fourth-order valence-corrected chi connectivity index (χ4v) is 2.75. The molecule has 0 spiro atoms. The molecule has 0 bridgehead atoms. The van der Waals surface area contributed by atoms with Gasteiger partial charge < -0.3 is 19.7 Å². The molecule has 1 heterocycles. The first-order valence-corrected chi connectivity index (χ1v) is 7.84. The van der Waals surface area contributed by atoms with Gasteiger partial charge in [-0.15, -0.1) is 0 Å². The lowest BCUT2D eigenvalue weighted by Crippen LogP contribution is -2.46. The van der Waals surface area contributed by atoms with E-state index in [2.05, 4.69) is 5.32 Å². The zero-order valence-electron chi connectivity index (χ0n) is 13.9. The first-order valence-electron chi connectivity index (χ1n) is 7.43. The number of hydrogen-bond donors (Lipinski definition) is 1. The molecule has 0 saturated carbocycles. The number of nitrogens with one attached hydrogen (secondary N) is 1. The van der Waals surface area contributed by atoms with Crippen LogP contribution in [0.25, 0.3) is 0 Å². The molecule has 0 aromatic heterocycles. The molecule has 0 fully saturated rings. The number of aryl methyl sites for hydroxylation is 1. The maximum Gasteiger partial charge on any atom is 0.338 e. The van der Waals surface area contributed by atoms with E-state index in [0.29, 0.717) is 17.3 Å². The predicted octanol–water partition coefficient (Wildman–Crippen LogP) is 2.32. The van der Waals surface area contributed by atoms with Gasteiger partial charge in [-0.3, -0.25) is 0 Å². The Labute approximate surface area is 142 Å². The maximum absolute atomic E-state index is 12.6. The third kappa shape index (κ3) is 3.89. The molecular formula is C17H22N2O3S. The summed E-state index contributed by atoms with van der Waals surface area (Å²) in [5.41, 5.74) is 3.47. The van der Waals surface area contributed by atoms with Crippen LogP contribution in [0.4, 0.5) is 0 Å². The van der Waals surface area contributed by atoms with Gasteiger partial charge in [-0.25, -0.2) is 4.79 Å². The molecule has 2 rings (SSSR count). The highest BCUT2D eigenvalue weighted by molar-refractivity contribution is 7.80. The fraction of sp³-hybridized carbons (Fsp3) is 0.412. The Morgan fingerprint density at radius 3 is 2.74 bits per heavy atom. The molecule has 1 aliphatic rings. The molecule has 0 radical (unpaired) electrons. The minimum atomic E-state index is -0.354. The van der Waals surface area contributed by atoms with Gasteiger partial charge >= 0.3 is 5.97 Å². The minimum Gasteiger partial charge on any atom is -0.460 e. The fourth-order valence-electron chi connectivity index (χ4n) is 2.50. The molecule has 1 N–H and O–H groups in total. The summed E-state index contributed by atoms with van der Waals surface area (Å²) < 4.78 is 10.3. The third-order valence-corrected chi connectivity index (χ3v) is 4.26. The second-order valence-corrected chi connectivity index (χ2v) is 5.87. The van der Waals surface area contributed by atoms with Crippen LogP contribution in [0.2, 0.25) is 0 Å². The number of benzene rings is 1. The van der Waals surface area contributed by atoms with Gasteiger partial charge in [0.2, 0.25) is 0 Å². The second kappa shape index (κ2) is 7.57. The van der Waals surface area contributed by atoms with Crippen LogP contribution in [-0.4, -0.2) is 43.4 Å². The van der Waals surface area contributed by atoms with E-state index in [1.54, 1.807) is 12.0 Å². The first-order chi connectivity index (χ1) is 11.0. The zero-order valence-corrected chi connectivity index (χ0v) is 14.7. The van der Waals surface area contributed by atoms with Crippen LogP contribution >= 0.6 is 12.2 Å². The highest BCUT2D eigenvalue weighted by atomic mass is 32.1. The summed E-state index contributed by atoms with van der Waals surface area (Å²) in [5.74, 6) is -0.354. The first kappa shape index (κ1) is 17.4. The van der Waals surface area contributed by atoms with Crippen molar-refractivity contribution in [2.75, 3.05) is 27.4 Å². The SMILES string of the molecule is COCCOC(=O)C1=C(C)N(C)C(=S)NC1c1cccc(C)c1. The summed E-state index contributed by atoms with van der Waals surface area (Å²) in [5, 5.41) is 3.81. The van der Waals surface area contributed by atoms with Gasteiger partial charge in [0, 0.05) is 19.9 Å². The van der Waals surface area contributed by atoms with Gasteiger partial charge in [0.05, 0.1) is 18.2 Å². The van der Waals surface area contributed by atoms with Crippen molar-refractivity contribution in [1.29, 1.82) is 0 Å². The molecule has 124 valence electrons. The summed E-state index contributed by atoms with van der Waals surface area (Å²) in [4.78, 5) is 14.3. The van der Waals surface area contributed by atoms with Gasteiger partial charge in [-0.1, -0.05) is 29.8 Å². The van der Waals surface area contributed by atoms with E-state index in [9.17, 15) is 4.79 Å². The van der Waals surface area contributed by atoms with E-state index < -0.39 is 0 Å². The molecule has 1 atom stereocenters. The van der Waals surface area contributed by atoms with Crippen molar-refractivity contribution in [3.05, 3.63) is 46.7 Å². The number of rotatable bonds is 5. The van der Waals surface area contributed by atoms with Crippen molar-refractivity contribution in [3.8, 4) is 0 Å². The van der Waals surface area contributed by atoms with E-state index in [1.165, 1.54) is 0 Å². The molecule has 0 aliphatic carbocycles. The number of hydrogen-bond acceptors (Lipinski definition) is 4. The predicted molar refractivity (Wildman–Crippen MR) is 93.0 cm³/mol. The normalized spacial score (nSPS) is 18.0. The smallest absolute Gasteiger partial charge is 0.338 e. The quantitative estimate of drug-likeness (QED) is 0.507. The molecule has 1 aromatic rings. The number of methoxy groups -OCH3 is 1. The molecule has 1 aromatic carbocycles. The van der Waals surface area contributed by atoms with E-state index >= 15 is 0 Å². The van der Waals surface area contributed by atoms with Crippen LogP contribution in [0.5, 0.6) is 0 Å². The Bertz CT molecular complexity index is 642. The molecule has 23 heavy (non-hydrogen) atoms. The topological polar surface area (TPSA) is 50.8 Å². The summed E-state index contributed by atoms with van der Waals surface area (Å²) in [6, 6.07) is 7.70. The van der Waals surface area contributed by atoms with E-state index in [1.807, 2.05) is 45.2 Å². The number of ether oxygens (including phenoxy) is 2. The number of nitrogens with zero attached hydrogens (tertiary/aromatic N) is 1. The van der Waals surface area contributed by atoms with Gasteiger partial charge in [0.1, 0.15) is 6.61 Å². The lowest BCUT2D eigenvalue weighted by molar-refractivity contribution is -0.140. The van der Waals surface area contributed by atoms with Crippen LogP contribution in [0.1, 0.15) is 24.1 Å². The Balaban J connectivity index is 2.38. The van der Waals surface area contributed by atoms with Crippen molar-refractivity contribution < 1.29 is 14.3 Å². The Hall–Kier alpha value is -1.92. The molecule has 0 amide bonds. The lowest BCUT2D eigenvalue weighted by Gasteiger charge is -2.35. The molecule has 1 aliphatic heterocycles. The van der Waals surface area contributed by atoms with E-state index in [4.69, 9.17) is 21.7 Å². The minimum absolute atomic E-state index is 0.223. The van der Waals surface area contributed by atoms with Gasteiger partial charge in [0.25, 0.3) is 0 Å². The highest BCUT2D eigenvalue weighted by Gasteiger charge is 2.33. The van der Waals surface area contributed by atoms with Crippen molar-refractivity contribution in [2.45, 2.75) is 19.9 Å². The van der Waals surface area contributed by atoms with Crippen LogP contribution in [0.15, 0.2) is 35.5 Å². The third-order valence-electron chi connectivity index (χ3n) is 3.87. The van der Waals surface area contributed by atoms with Crippen LogP contribution in [0, 0.1) is 6.92 Å². The molecule has 5 nitrogen and oxygen atoms in total. The number of carbonyl (C=O) groups is 1. The molecule has 1 unspecified atom stereocenters. The van der Waals surface area contributed by atoms with Crippen LogP contribution in [-0.2, 0) is 14.3 Å². The van der Waals surface area contributed by atoms with Crippen molar-refractivity contribution in [2.24, 2.45) is 0 Å². The monoisotopic (exact) mass is 334 g/mol. The van der Waals surface area contributed by atoms with Crippen molar-refractivity contribution in [1.82, 2.24) is 10.2 Å². The van der Waals surface area contributed by atoms with E-state index in [-0.39, 0.29) is 18.6 Å². The Morgan fingerprint density at radius 1 is 1.35 bits per heavy atom. The average molecular weight is 334 g/mol. The van der Waals surface area contributed by atoms with Gasteiger partial charge in [0.15, 0.2) is 5.11 Å². The summed E-state index contributed by atoms with van der Waals surface area (Å²) in [6.45, 7) is 4.49. The van der Waals surface area contributed by atoms with Crippen molar-refractivity contribution >= 4 is 23.3 Å². The highest BCUT2D eigenvalue weighted by Crippen LogP contribution is 2.31. The standard InChI is InChI=1S/C17H22N2O3S/c1-11-6-5-7-13(10-11)15-14(16(20)22-9-8-21-4)12(2)19(3)17(23)18-15/h5-7,10,15H,8-9H2,1-4H3,(H,18,23). The lowest BCUT2D eigenvalue weighted by atomic mass is 9.94. The maximum atomic E-state index is 12.6. The molecule has 6 heteroatoms. The number of allylic oxidation sites excluding steroid dienone is 1. The Morgan fingerprint density at radius 2 is 2.09 bits per heavy atom. The number of carbonyl (C=O) groups excluding carboxylic acids is 1. The summed E-state index contributed by atoms with van der Waals surface area (Å²) in [6.07, 6.45) is 0. The van der Waals surface area contributed by atoms with Crippen molar-refractivity contribution in [3.63, 3.8) is 0 Å². The summed E-state index contributed by atoms with van der Waals surface area (Å²) in [7, 11) is 3.40. The molecule has 0 saturated heterocycles. The second-order valence-electron chi connectivity index (χ2n) is 5.48. The average Bonchev–Trinajstić information content (AvgIpc) is 2.52. The number of esters is 1. The largest absolute Gasteiger partial charge is 0.460 e. The molecular weight excluding hydrogens is 312 g/mol.